The molecule has 0 radical (unpaired) electrons. The number of ether oxygens (including phenoxy) is 1. The smallest absolute Gasteiger partial charge is 0.0904 e. The molecule has 0 aliphatic heterocycles. The van der Waals surface area contributed by atoms with Crippen LogP contribution in [-0.2, 0) is 15.8 Å². The van der Waals surface area contributed by atoms with Crippen LogP contribution in [0, 0.1) is 5.41 Å². The van der Waals surface area contributed by atoms with Crippen molar-refractivity contribution in [1.29, 1.82) is 0 Å². The molecule has 0 aromatic heterocycles. The van der Waals surface area contributed by atoms with Crippen LogP contribution in [0.5, 0.6) is 0 Å². The van der Waals surface area contributed by atoms with Gasteiger partial charge in [0.2, 0.25) is 0 Å². The molecule has 38 heavy (non-hydrogen) atoms. The van der Waals surface area contributed by atoms with E-state index < -0.39 is 8.07 Å². The molecule has 2 heteroatoms. The summed E-state index contributed by atoms with van der Waals surface area (Å²) < 4.78 is 6.26. The molecule has 0 amide bonds. The summed E-state index contributed by atoms with van der Waals surface area (Å²) >= 11 is 0. The van der Waals surface area contributed by atoms with Crippen LogP contribution in [0.2, 0.25) is 19.1 Å². The van der Waals surface area contributed by atoms with Crippen LogP contribution < -0.4 is 5.19 Å². The molecule has 4 aromatic carbocycles. The first kappa shape index (κ1) is 28.1. The van der Waals surface area contributed by atoms with Crippen molar-refractivity contribution >= 4 is 13.3 Å². The second-order valence-electron chi connectivity index (χ2n) is 12.6. The van der Waals surface area contributed by atoms with Gasteiger partial charge in [-0.15, -0.1) is 0 Å². The zero-order valence-electron chi connectivity index (χ0n) is 24.1. The van der Waals surface area contributed by atoms with Crippen molar-refractivity contribution in [3.05, 3.63) is 138 Å². The van der Waals surface area contributed by atoms with Crippen LogP contribution in [0.1, 0.15) is 50.3 Å². The Hall–Kier alpha value is -2.94. The van der Waals surface area contributed by atoms with E-state index in [9.17, 15) is 0 Å². The number of methoxy groups -OCH3 is 1. The number of hydrogen-bond acceptors (Lipinski definition) is 1. The van der Waals surface area contributed by atoms with Gasteiger partial charge in [-0.2, -0.15) is 0 Å². The molecular weight excluding hydrogens is 476 g/mol. The molecule has 198 valence electrons. The van der Waals surface area contributed by atoms with E-state index in [0.717, 1.165) is 18.9 Å². The third-order valence-corrected chi connectivity index (χ3v) is 11.8. The van der Waals surface area contributed by atoms with Gasteiger partial charge in [0.25, 0.3) is 0 Å². The first-order valence-electron chi connectivity index (χ1n) is 13.9. The van der Waals surface area contributed by atoms with E-state index in [1.54, 1.807) is 0 Å². The Balaban J connectivity index is 1.84. The van der Waals surface area contributed by atoms with Crippen LogP contribution in [-0.4, -0.2) is 15.2 Å². The zero-order chi connectivity index (χ0) is 27.3. The van der Waals surface area contributed by atoms with E-state index in [0.29, 0.717) is 0 Å². The molecule has 0 spiro atoms. The summed E-state index contributed by atoms with van der Waals surface area (Å²) in [4.78, 5) is 0. The maximum absolute atomic E-state index is 6.26. The Kier molecular flexibility index (Phi) is 8.45. The molecule has 1 unspecified atom stereocenters. The number of rotatable bonds is 11. The second-order valence-corrected chi connectivity index (χ2v) is 17.3. The van der Waals surface area contributed by atoms with Gasteiger partial charge in [0.1, 0.15) is 0 Å². The highest BCUT2D eigenvalue weighted by Crippen LogP contribution is 2.51. The molecule has 0 aliphatic carbocycles. The molecule has 0 fully saturated rings. The first-order valence-corrected chi connectivity index (χ1v) is 17.1. The van der Waals surface area contributed by atoms with Crippen LogP contribution in [0.15, 0.2) is 121 Å². The van der Waals surface area contributed by atoms with Crippen molar-refractivity contribution in [2.45, 2.75) is 63.8 Å². The molecule has 0 saturated heterocycles. The van der Waals surface area contributed by atoms with E-state index in [-0.39, 0.29) is 16.4 Å². The molecular formula is C36H44OSi. The highest BCUT2D eigenvalue weighted by atomic mass is 28.3. The minimum atomic E-state index is -1.84. The van der Waals surface area contributed by atoms with Gasteiger partial charge in [-0.3, -0.25) is 0 Å². The Morgan fingerprint density at radius 3 is 1.37 bits per heavy atom. The predicted molar refractivity (Wildman–Crippen MR) is 166 cm³/mol. The predicted octanol–water partition coefficient (Wildman–Crippen LogP) is 8.96. The summed E-state index contributed by atoms with van der Waals surface area (Å²) in [6, 6.07) is 45.6. The van der Waals surface area contributed by atoms with Crippen LogP contribution >= 0.6 is 0 Å². The van der Waals surface area contributed by atoms with Crippen molar-refractivity contribution in [2.75, 3.05) is 7.11 Å². The quantitative estimate of drug-likeness (QED) is 0.179. The Bertz CT molecular complexity index is 1230. The zero-order valence-corrected chi connectivity index (χ0v) is 25.1. The lowest BCUT2D eigenvalue weighted by molar-refractivity contribution is -0.0374. The summed E-state index contributed by atoms with van der Waals surface area (Å²) in [5.74, 6) is 0. The topological polar surface area (TPSA) is 9.23 Å². The van der Waals surface area contributed by atoms with Crippen LogP contribution in [0.25, 0.3) is 0 Å². The average molecular weight is 521 g/mol. The van der Waals surface area contributed by atoms with Crippen molar-refractivity contribution in [2.24, 2.45) is 5.41 Å². The fourth-order valence-electron chi connectivity index (χ4n) is 6.77. The highest BCUT2D eigenvalue weighted by molar-refractivity contribution is 6.90. The lowest BCUT2D eigenvalue weighted by Crippen LogP contribution is -2.49. The van der Waals surface area contributed by atoms with E-state index in [4.69, 9.17) is 4.74 Å². The average Bonchev–Trinajstić information content (AvgIpc) is 2.94. The highest BCUT2D eigenvalue weighted by Gasteiger charge is 2.46. The third-order valence-electron chi connectivity index (χ3n) is 8.38. The van der Waals surface area contributed by atoms with Crippen LogP contribution in [0.4, 0.5) is 0 Å². The largest absolute Gasteiger partial charge is 0.374 e. The number of benzene rings is 4. The van der Waals surface area contributed by atoms with Gasteiger partial charge in [-0.1, -0.05) is 153 Å². The van der Waals surface area contributed by atoms with E-state index >= 15 is 0 Å². The summed E-state index contributed by atoms with van der Waals surface area (Å²) in [5, 5.41) is 1.51. The lowest BCUT2D eigenvalue weighted by Gasteiger charge is -2.47. The minimum absolute atomic E-state index is 0.00650. The third kappa shape index (κ3) is 6.19. The Morgan fingerprint density at radius 1 is 0.553 bits per heavy atom. The molecule has 0 heterocycles. The van der Waals surface area contributed by atoms with Crippen molar-refractivity contribution in [3.63, 3.8) is 0 Å². The normalized spacial score (nSPS) is 14.2. The van der Waals surface area contributed by atoms with Gasteiger partial charge < -0.3 is 4.74 Å². The Labute approximate surface area is 231 Å². The van der Waals surface area contributed by atoms with E-state index in [2.05, 4.69) is 155 Å². The SMILES string of the molecule is COC(C)(CC(C)(C)CC(C[Si](C)(C)c1ccccc1)(c1ccccc1)c1ccccc1)c1ccccc1. The second kappa shape index (κ2) is 11.4. The van der Waals surface area contributed by atoms with Gasteiger partial charge in [-0.05, 0) is 47.9 Å². The standard InChI is InChI=1S/C36H44OSi/c1-34(2,27-35(3,37-4)30-19-11-7-12-20-30)28-36(31-21-13-8-14-22-31,32-23-15-9-16-24-32)29-38(5,6)33-25-17-10-18-26-33/h7-26H,27-29H2,1-6H3. The maximum atomic E-state index is 6.26. The summed E-state index contributed by atoms with van der Waals surface area (Å²) in [7, 11) is 0.0150. The van der Waals surface area contributed by atoms with Gasteiger partial charge in [0.15, 0.2) is 0 Å². The molecule has 1 nitrogen and oxygen atoms in total. The van der Waals surface area contributed by atoms with E-state index in [1.807, 2.05) is 7.11 Å². The molecule has 1 atom stereocenters. The van der Waals surface area contributed by atoms with Gasteiger partial charge >= 0.3 is 0 Å². The van der Waals surface area contributed by atoms with E-state index in [1.165, 1.54) is 21.9 Å². The van der Waals surface area contributed by atoms with Gasteiger partial charge in [0.05, 0.1) is 13.7 Å². The summed E-state index contributed by atoms with van der Waals surface area (Å²) in [6.07, 6.45) is 1.96. The maximum Gasteiger partial charge on any atom is 0.0904 e. The molecule has 0 aliphatic rings. The Morgan fingerprint density at radius 2 is 0.947 bits per heavy atom. The van der Waals surface area contributed by atoms with Crippen molar-refractivity contribution in [1.82, 2.24) is 0 Å². The van der Waals surface area contributed by atoms with Crippen molar-refractivity contribution in [3.8, 4) is 0 Å². The number of hydrogen-bond donors (Lipinski definition) is 0. The molecule has 4 rings (SSSR count). The fourth-order valence-corrected chi connectivity index (χ4v) is 10.1. The molecule has 0 saturated carbocycles. The molecule has 0 bridgehead atoms. The molecule has 0 N–H and O–H groups in total. The fraction of sp³-hybridized carbons (Fsp3) is 0.333. The van der Waals surface area contributed by atoms with Gasteiger partial charge in [0, 0.05) is 12.5 Å². The minimum Gasteiger partial charge on any atom is -0.374 e. The monoisotopic (exact) mass is 520 g/mol. The lowest BCUT2D eigenvalue weighted by atomic mass is 9.63. The van der Waals surface area contributed by atoms with Crippen molar-refractivity contribution < 1.29 is 4.74 Å². The van der Waals surface area contributed by atoms with Gasteiger partial charge in [-0.25, -0.2) is 0 Å². The van der Waals surface area contributed by atoms with Crippen LogP contribution in [0.3, 0.4) is 0 Å². The summed E-state index contributed by atoms with van der Waals surface area (Å²) in [6.45, 7) is 12.2. The summed E-state index contributed by atoms with van der Waals surface area (Å²) in [5.41, 5.74) is 3.57. The first-order chi connectivity index (χ1) is 18.1. The molecule has 4 aromatic rings.